The van der Waals surface area contributed by atoms with E-state index in [-0.39, 0.29) is 0 Å². The molecule has 1 unspecified atom stereocenters. The van der Waals surface area contributed by atoms with Crippen molar-refractivity contribution in [1.82, 2.24) is 14.8 Å². The van der Waals surface area contributed by atoms with E-state index in [0.29, 0.717) is 18.8 Å². The Morgan fingerprint density at radius 1 is 1.69 bits per heavy atom. The summed E-state index contributed by atoms with van der Waals surface area (Å²) in [6.45, 7) is 0.662. The number of hydrogen-bond donors (Lipinski definition) is 0. The van der Waals surface area contributed by atoms with Crippen molar-refractivity contribution < 1.29 is 12.6 Å². The normalized spacial score (nSPS) is 21.8. The molecule has 0 fully saturated rings. The molecule has 72 valence electrons. The molecule has 0 spiro atoms. The second-order valence-corrected chi connectivity index (χ2v) is 4.52. The molecule has 0 aliphatic carbocycles. The Labute approximate surface area is 75.7 Å². The molecule has 0 N–H and O–H groups in total. The van der Waals surface area contributed by atoms with E-state index in [1.165, 1.54) is 6.33 Å². The van der Waals surface area contributed by atoms with Gasteiger partial charge in [0, 0.05) is 13.0 Å². The van der Waals surface area contributed by atoms with Gasteiger partial charge in [0.05, 0.1) is 6.26 Å². The fraction of sp³-hybridized carbons (Fsp3) is 0.667. The van der Waals surface area contributed by atoms with E-state index >= 15 is 0 Å². The lowest BCUT2D eigenvalue weighted by atomic mass is 10.3. The van der Waals surface area contributed by atoms with Gasteiger partial charge in [0.15, 0.2) is 5.82 Å². The molecular weight excluding hydrogens is 194 g/mol. The molecule has 1 atom stereocenters. The zero-order valence-corrected chi connectivity index (χ0v) is 7.86. The van der Waals surface area contributed by atoms with E-state index in [0.717, 1.165) is 6.26 Å². The van der Waals surface area contributed by atoms with Crippen molar-refractivity contribution in [2.45, 2.75) is 19.1 Å². The summed E-state index contributed by atoms with van der Waals surface area (Å²) in [7, 11) is -3.41. The minimum Gasteiger partial charge on any atom is -0.259 e. The summed E-state index contributed by atoms with van der Waals surface area (Å²) in [6, 6.07) is 0. The maximum absolute atomic E-state index is 10.8. The third kappa shape index (κ3) is 1.70. The maximum Gasteiger partial charge on any atom is 0.265 e. The molecule has 0 radical (unpaired) electrons. The first-order valence-corrected chi connectivity index (χ1v) is 5.64. The van der Waals surface area contributed by atoms with E-state index in [1.54, 1.807) is 4.68 Å². The second-order valence-electron chi connectivity index (χ2n) is 2.92. The Bertz CT molecular complexity index is 411. The van der Waals surface area contributed by atoms with E-state index < -0.39 is 16.2 Å². The van der Waals surface area contributed by atoms with Crippen molar-refractivity contribution in [2.75, 3.05) is 6.26 Å². The van der Waals surface area contributed by atoms with Crippen molar-refractivity contribution in [1.29, 1.82) is 0 Å². The molecule has 6 nitrogen and oxygen atoms in total. The Morgan fingerprint density at radius 2 is 2.46 bits per heavy atom. The lowest BCUT2D eigenvalue weighted by molar-refractivity contribution is 0.213. The van der Waals surface area contributed by atoms with Crippen LogP contribution < -0.4 is 0 Å². The topological polar surface area (TPSA) is 74.1 Å². The quantitative estimate of drug-likeness (QED) is 0.617. The molecule has 0 bridgehead atoms. The monoisotopic (exact) mass is 203 g/mol. The Kier molecular flexibility index (Phi) is 1.85. The molecule has 0 aromatic carbocycles. The third-order valence-corrected chi connectivity index (χ3v) is 2.41. The van der Waals surface area contributed by atoms with Gasteiger partial charge in [0.25, 0.3) is 10.1 Å². The molecule has 13 heavy (non-hydrogen) atoms. The van der Waals surface area contributed by atoms with Gasteiger partial charge in [-0.3, -0.25) is 4.18 Å². The number of fused-ring (bicyclic) bond motifs is 1. The average molecular weight is 203 g/mol. The highest BCUT2D eigenvalue weighted by Gasteiger charge is 2.28. The first kappa shape index (κ1) is 8.64. The summed E-state index contributed by atoms with van der Waals surface area (Å²) in [5.74, 6) is 0.588. The van der Waals surface area contributed by atoms with Crippen LogP contribution in [0.15, 0.2) is 6.33 Å². The minimum atomic E-state index is -3.41. The van der Waals surface area contributed by atoms with Crippen LogP contribution >= 0.6 is 0 Å². The van der Waals surface area contributed by atoms with Crippen molar-refractivity contribution in [3.8, 4) is 0 Å². The summed E-state index contributed by atoms with van der Waals surface area (Å²) in [6.07, 6.45) is 2.58. The smallest absolute Gasteiger partial charge is 0.259 e. The molecule has 7 heteroatoms. The SMILES string of the molecule is CS(=O)(=O)OC1CCn2ncnc21. The van der Waals surface area contributed by atoms with E-state index in [1.807, 2.05) is 0 Å². The van der Waals surface area contributed by atoms with Crippen LogP contribution in [-0.2, 0) is 20.8 Å². The number of rotatable bonds is 2. The van der Waals surface area contributed by atoms with E-state index in [4.69, 9.17) is 4.18 Å². The number of aryl methyl sites for hydroxylation is 1. The predicted octanol–water partition coefficient (Wildman–Crippen LogP) is -0.301. The first-order valence-electron chi connectivity index (χ1n) is 3.82. The third-order valence-electron chi connectivity index (χ3n) is 1.83. The molecule has 0 saturated carbocycles. The van der Waals surface area contributed by atoms with Crippen molar-refractivity contribution >= 4 is 10.1 Å². The van der Waals surface area contributed by atoms with Crippen LogP contribution in [0.5, 0.6) is 0 Å². The summed E-state index contributed by atoms with van der Waals surface area (Å²) in [5, 5.41) is 3.91. The van der Waals surface area contributed by atoms with Crippen molar-refractivity contribution in [2.24, 2.45) is 0 Å². The fourth-order valence-corrected chi connectivity index (χ4v) is 1.97. The molecule has 1 aromatic heterocycles. The highest BCUT2D eigenvalue weighted by atomic mass is 32.2. The molecule has 1 aliphatic rings. The molecule has 1 aliphatic heterocycles. The number of hydrogen-bond acceptors (Lipinski definition) is 5. The van der Waals surface area contributed by atoms with Gasteiger partial charge in [-0.05, 0) is 0 Å². The van der Waals surface area contributed by atoms with Crippen LogP contribution in [0, 0.1) is 0 Å². The van der Waals surface area contributed by atoms with E-state index in [2.05, 4.69) is 10.1 Å². The summed E-state index contributed by atoms with van der Waals surface area (Å²) < 4.78 is 28.2. The minimum absolute atomic E-state index is 0.461. The Morgan fingerprint density at radius 3 is 3.15 bits per heavy atom. The van der Waals surface area contributed by atoms with Crippen LogP contribution in [0.1, 0.15) is 18.3 Å². The van der Waals surface area contributed by atoms with Gasteiger partial charge in [0.1, 0.15) is 12.4 Å². The molecular formula is C6H9N3O3S. The van der Waals surface area contributed by atoms with Crippen LogP contribution in [0.4, 0.5) is 0 Å². The van der Waals surface area contributed by atoms with Gasteiger partial charge in [-0.15, -0.1) is 0 Å². The van der Waals surface area contributed by atoms with Crippen molar-refractivity contribution in [3.63, 3.8) is 0 Å². The summed E-state index contributed by atoms with van der Waals surface area (Å²) in [4.78, 5) is 3.92. The van der Waals surface area contributed by atoms with Gasteiger partial charge in [0.2, 0.25) is 0 Å². The Balaban J connectivity index is 2.22. The summed E-state index contributed by atoms with van der Waals surface area (Å²) >= 11 is 0. The van der Waals surface area contributed by atoms with Gasteiger partial charge in [-0.2, -0.15) is 13.5 Å². The second kappa shape index (κ2) is 2.78. The largest absolute Gasteiger partial charge is 0.265 e. The zero-order chi connectivity index (χ0) is 9.47. The number of aromatic nitrogens is 3. The lowest BCUT2D eigenvalue weighted by Gasteiger charge is -2.06. The summed E-state index contributed by atoms with van der Waals surface area (Å²) in [5.41, 5.74) is 0. The molecule has 1 aromatic rings. The van der Waals surface area contributed by atoms with Crippen LogP contribution in [0.2, 0.25) is 0 Å². The van der Waals surface area contributed by atoms with Crippen LogP contribution in [0.3, 0.4) is 0 Å². The average Bonchev–Trinajstić information content (AvgIpc) is 2.50. The van der Waals surface area contributed by atoms with E-state index in [9.17, 15) is 8.42 Å². The standard InChI is InChI=1S/C6H9N3O3S/c1-13(10,11)12-5-2-3-9-6(5)7-4-8-9/h4-5H,2-3H2,1H3. The fourth-order valence-electron chi connectivity index (χ4n) is 1.37. The van der Waals surface area contributed by atoms with Gasteiger partial charge < -0.3 is 0 Å². The highest BCUT2D eigenvalue weighted by Crippen LogP contribution is 2.27. The van der Waals surface area contributed by atoms with Gasteiger partial charge >= 0.3 is 0 Å². The predicted molar refractivity (Wildman–Crippen MR) is 43.3 cm³/mol. The number of nitrogens with zero attached hydrogens (tertiary/aromatic N) is 3. The molecule has 2 heterocycles. The maximum atomic E-state index is 10.8. The molecule has 2 rings (SSSR count). The van der Waals surface area contributed by atoms with Crippen molar-refractivity contribution in [3.05, 3.63) is 12.2 Å². The highest BCUT2D eigenvalue weighted by molar-refractivity contribution is 7.86. The van der Waals surface area contributed by atoms with Crippen LogP contribution in [0.25, 0.3) is 0 Å². The lowest BCUT2D eigenvalue weighted by Crippen LogP contribution is -2.08. The van der Waals surface area contributed by atoms with Crippen LogP contribution in [-0.4, -0.2) is 29.4 Å². The zero-order valence-electron chi connectivity index (χ0n) is 7.04. The Hall–Kier alpha value is -0.950. The first-order chi connectivity index (χ1) is 6.06. The van der Waals surface area contributed by atoms with Gasteiger partial charge in [-0.1, -0.05) is 0 Å². The van der Waals surface area contributed by atoms with Gasteiger partial charge in [-0.25, -0.2) is 9.67 Å². The molecule has 0 amide bonds. The molecule has 0 saturated heterocycles.